The van der Waals surface area contributed by atoms with E-state index in [1.165, 1.54) is 0 Å². The van der Waals surface area contributed by atoms with Gasteiger partial charge < -0.3 is 9.84 Å². The average molecular weight is 188 g/mol. The molecule has 80 valence electrons. The minimum atomic E-state index is -0.0449. The van der Waals surface area contributed by atoms with E-state index in [9.17, 15) is 0 Å². The van der Waals surface area contributed by atoms with Gasteiger partial charge in [-0.05, 0) is 39.0 Å². The molecule has 0 aromatic carbocycles. The summed E-state index contributed by atoms with van der Waals surface area (Å²) in [6.45, 7) is 11.5. The summed E-state index contributed by atoms with van der Waals surface area (Å²) in [4.78, 5) is 0. The standard InChI is InChI=1S/C11H24O2/c1-9(7-12)6-10(2)8-13-11(3,4)5/h9-10,12H,6-8H2,1-5H3/t9-,10+/m1/s1. The molecule has 0 rings (SSSR count). The molecule has 0 heterocycles. The number of aliphatic hydroxyl groups is 1. The maximum absolute atomic E-state index is 8.87. The fraction of sp³-hybridized carbons (Fsp3) is 1.00. The molecule has 0 aliphatic rings. The molecule has 0 bridgehead atoms. The highest BCUT2D eigenvalue weighted by molar-refractivity contribution is 4.62. The second-order valence-electron chi connectivity index (χ2n) is 5.05. The molecule has 0 aromatic rings. The Kier molecular flexibility index (Phi) is 5.57. The van der Waals surface area contributed by atoms with Crippen LogP contribution >= 0.6 is 0 Å². The van der Waals surface area contributed by atoms with Crippen LogP contribution in [0.4, 0.5) is 0 Å². The van der Waals surface area contributed by atoms with E-state index < -0.39 is 0 Å². The first-order valence-corrected chi connectivity index (χ1v) is 5.10. The first kappa shape index (κ1) is 12.9. The molecule has 0 fully saturated rings. The van der Waals surface area contributed by atoms with Gasteiger partial charge >= 0.3 is 0 Å². The van der Waals surface area contributed by atoms with Crippen molar-refractivity contribution in [2.45, 2.75) is 46.6 Å². The van der Waals surface area contributed by atoms with E-state index >= 15 is 0 Å². The summed E-state index contributed by atoms with van der Waals surface area (Å²) in [5.74, 6) is 0.917. The zero-order chi connectivity index (χ0) is 10.5. The van der Waals surface area contributed by atoms with Gasteiger partial charge in [-0.1, -0.05) is 13.8 Å². The molecule has 0 saturated carbocycles. The summed E-state index contributed by atoms with van der Waals surface area (Å²) in [6, 6.07) is 0. The van der Waals surface area contributed by atoms with Crippen LogP contribution in [0.15, 0.2) is 0 Å². The van der Waals surface area contributed by atoms with E-state index in [1.54, 1.807) is 0 Å². The van der Waals surface area contributed by atoms with Crippen LogP contribution < -0.4 is 0 Å². The molecule has 2 nitrogen and oxygen atoms in total. The quantitative estimate of drug-likeness (QED) is 0.718. The number of ether oxygens (including phenoxy) is 1. The molecule has 0 amide bonds. The summed E-state index contributed by atoms with van der Waals surface area (Å²) < 4.78 is 5.65. The summed E-state index contributed by atoms with van der Waals surface area (Å²) in [7, 11) is 0. The molecule has 0 radical (unpaired) electrons. The van der Waals surface area contributed by atoms with Gasteiger partial charge in [0.2, 0.25) is 0 Å². The third-order valence-corrected chi connectivity index (χ3v) is 1.92. The van der Waals surface area contributed by atoms with Gasteiger partial charge in [0.05, 0.1) is 5.60 Å². The zero-order valence-electron chi connectivity index (χ0n) is 9.63. The van der Waals surface area contributed by atoms with Crippen molar-refractivity contribution in [1.29, 1.82) is 0 Å². The second kappa shape index (κ2) is 5.61. The smallest absolute Gasteiger partial charge is 0.0598 e. The van der Waals surface area contributed by atoms with Crippen LogP contribution in [0.5, 0.6) is 0 Å². The van der Waals surface area contributed by atoms with E-state index in [-0.39, 0.29) is 12.2 Å². The van der Waals surface area contributed by atoms with Crippen molar-refractivity contribution in [1.82, 2.24) is 0 Å². The van der Waals surface area contributed by atoms with Gasteiger partial charge in [0.1, 0.15) is 0 Å². The van der Waals surface area contributed by atoms with Crippen molar-refractivity contribution in [2.24, 2.45) is 11.8 Å². The molecule has 0 aliphatic carbocycles. The van der Waals surface area contributed by atoms with E-state index in [0.717, 1.165) is 13.0 Å². The highest BCUT2D eigenvalue weighted by Crippen LogP contribution is 2.15. The van der Waals surface area contributed by atoms with Crippen molar-refractivity contribution in [3.63, 3.8) is 0 Å². The third-order valence-electron chi connectivity index (χ3n) is 1.92. The Morgan fingerprint density at radius 3 is 2.08 bits per heavy atom. The zero-order valence-corrected chi connectivity index (χ0v) is 9.63. The SMILES string of the molecule is C[C@H](COC(C)(C)C)C[C@@H](C)CO. The van der Waals surface area contributed by atoms with Gasteiger partial charge in [-0.25, -0.2) is 0 Å². The Bertz CT molecular complexity index is 127. The molecule has 0 aromatic heterocycles. The molecule has 0 unspecified atom stereocenters. The van der Waals surface area contributed by atoms with Gasteiger partial charge in [0.25, 0.3) is 0 Å². The summed E-state index contributed by atoms with van der Waals surface area (Å²) in [5, 5.41) is 8.87. The van der Waals surface area contributed by atoms with E-state index in [2.05, 4.69) is 34.6 Å². The van der Waals surface area contributed by atoms with E-state index in [1.807, 2.05) is 0 Å². The van der Waals surface area contributed by atoms with Crippen molar-refractivity contribution < 1.29 is 9.84 Å². The molecule has 0 aliphatic heterocycles. The number of hydrogen-bond acceptors (Lipinski definition) is 2. The van der Waals surface area contributed by atoms with E-state index in [0.29, 0.717) is 11.8 Å². The molecule has 0 saturated heterocycles. The van der Waals surface area contributed by atoms with Gasteiger partial charge in [-0.2, -0.15) is 0 Å². The van der Waals surface area contributed by atoms with Gasteiger partial charge in [-0.15, -0.1) is 0 Å². The summed E-state index contributed by atoms with van der Waals surface area (Å²) in [6.07, 6.45) is 1.03. The fourth-order valence-electron chi connectivity index (χ4n) is 1.22. The molecule has 2 atom stereocenters. The van der Waals surface area contributed by atoms with Crippen LogP contribution in [0.2, 0.25) is 0 Å². The summed E-state index contributed by atoms with van der Waals surface area (Å²) >= 11 is 0. The Morgan fingerprint density at radius 1 is 1.15 bits per heavy atom. The second-order valence-corrected chi connectivity index (χ2v) is 5.05. The lowest BCUT2D eigenvalue weighted by atomic mass is 9.98. The van der Waals surface area contributed by atoms with Crippen molar-refractivity contribution in [2.75, 3.05) is 13.2 Å². The highest BCUT2D eigenvalue weighted by atomic mass is 16.5. The van der Waals surface area contributed by atoms with Crippen molar-refractivity contribution in [3.8, 4) is 0 Å². The van der Waals surface area contributed by atoms with Gasteiger partial charge in [0, 0.05) is 13.2 Å². The summed E-state index contributed by atoms with van der Waals surface area (Å²) in [5.41, 5.74) is -0.0449. The van der Waals surface area contributed by atoms with Gasteiger partial charge in [0.15, 0.2) is 0 Å². The normalized spacial score (nSPS) is 17.1. The predicted octanol–water partition coefficient (Wildman–Crippen LogP) is 2.46. The number of aliphatic hydroxyl groups excluding tert-OH is 1. The molecular weight excluding hydrogens is 164 g/mol. The number of hydrogen-bond donors (Lipinski definition) is 1. The fourth-order valence-corrected chi connectivity index (χ4v) is 1.22. The maximum atomic E-state index is 8.87. The van der Waals surface area contributed by atoms with Crippen LogP contribution in [-0.4, -0.2) is 23.9 Å². The monoisotopic (exact) mass is 188 g/mol. The minimum absolute atomic E-state index is 0.0449. The van der Waals surface area contributed by atoms with Crippen molar-refractivity contribution in [3.05, 3.63) is 0 Å². The van der Waals surface area contributed by atoms with Crippen LogP contribution in [0.1, 0.15) is 41.0 Å². The molecule has 13 heavy (non-hydrogen) atoms. The third kappa shape index (κ3) is 8.26. The van der Waals surface area contributed by atoms with Crippen LogP contribution in [0.3, 0.4) is 0 Å². The number of rotatable bonds is 5. The topological polar surface area (TPSA) is 29.5 Å². The first-order valence-electron chi connectivity index (χ1n) is 5.10. The average Bonchev–Trinajstić information content (AvgIpc) is 1.99. The Hall–Kier alpha value is -0.0800. The largest absolute Gasteiger partial charge is 0.396 e. The van der Waals surface area contributed by atoms with Crippen LogP contribution in [0.25, 0.3) is 0 Å². The Morgan fingerprint density at radius 2 is 1.69 bits per heavy atom. The molecule has 2 heteroatoms. The first-order chi connectivity index (χ1) is 5.85. The van der Waals surface area contributed by atoms with Crippen LogP contribution in [0, 0.1) is 11.8 Å². The Balaban J connectivity index is 3.57. The molecule has 0 spiro atoms. The van der Waals surface area contributed by atoms with E-state index in [4.69, 9.17) is 9.84 Å². The lowest BCUT2D eigenvalue weighted by molar-refractivity contribution is -0.0235. The van der Waals surface area contributed by atoms with Crippen LogP contribution in [-0.2, 0) is 4.74 Å². The Labute approximate surface area is 82.3 Å². The maximum Gasteiger partial charge on any atom is 0.0598 e. The van der Waals surface area contributed by atoms with Crippen molar-refractivity contribution >= 4 is 0 Å². The van der Waals surface area contributed by atoms with Gasteiger partial charge in [-0.3, -0.25) is 0 Å². The lowest BCUT2D eigenvalue weighted by Crippen LogP contribution is -2.23. The minimum Gasteiger partial charge on any atom is -0.396 e. The predicted molar refractivity (Wildman–Crippen MR) is 55.7 cm³/mol. The molecular formula is C11H24O2. The molecule has 1 N–H and O–H groups in total. The lowest BCUT2D eigenvalue weighted by Gasteiger charge is -2.23. The highest BCUT2D eigenvalue weighted by Gasteiger charge is 2.14.